The van der Waals surface area contributed by atoms with Gasteiger partial charge in [-0.25, -0.2) is 17.2 Å². The molecule has 3 aliphatic rings. The first-order valence-electron chi connectivity index (χ1n) is 14.4. The lowest BCUT2D eigenvalue weighted by molar-refractivity contribution is -0.158. The average molecular weight is 571 g/mol. The molecule has 7 nitrogen and oxygen atoms in total. The molecule has 0 spiro atoms. The Hall–Kier alpha value is -1.78. The minimum absolute atomic E-state index is 0.0581. The van der Waals surface area contributed by atoms with Crippen LogP contribution in [0.15, 0.2) is 23.1 Å². The first-order chi connectivity index (χ1) is 18.2. The summed E-state index contributed by atoms with van der Waals surface area (Å²) in [6.45, 7) is 8.20. The Morgan fingerprint density at radius 2 is 1.82 bits per heavy atom. The zero-order valence-corrected chi connectivity index (χ0v) is 24.5. The molecule has 4 rings (SSSR count). The highest BCUT2D eigenvalue weighted by atomic mass is 32.2. The molecule has 0 bridgehead atoms. The normalized spacial score (nSPS) is 26.9. The number of nitrogens with zero attached hydrogens (tertiary/aromatic N) is 1. The second kappa shape index (κ2) is 12.0. The number of nitrogens with one attached hydrogen (secondary N) is 1. The number of ether oxygens (including phenoxy) is 2. The van der Waals surface area contributed by atoms with E-state index in [2.05, 4.69) is 5.32 Å². The van der Waals surface area contributed by atoms with Crippen molar-refractivity contribution in [3.8, 4) is 5.75 Å². The SMILES string of the molecule is Cc1ccc(S(=O)(=O)N2CCC[C@H]2C(=O)OC(C)(C)C)c(O[C@H]2CCC[C@@H](CNC3CCC(F)(F)CC3)C2)c1. The predicted molar refractivity (Wildman–Crippen MR) is 146 cm³/mol. The molecule has 0 unspecified atom stereocenters. The summed E-state index contributed by atoms with van der Waals surface area (Å²) in [6, 6.07) is 4.35. The molecule has 10 heteroatoms. The van der Waals surface area contributed by atoms with Gasteiger partial charge in [-0.15, -0.1) is 0 Å². The Bertz CT molecular complexity index is 1110. The minimum atomic E-state index is -4.00. The van der Waals surface area contributed by atoms with Gasteiger partial charge in [0.2, 0.25) is 15.9 Å². The van der Waals surface area contributed by atoms with Gasteiger partial charge in [-0.2, -0.15) is 4.31 Å². The molecule has 3 fully saturated rings. The molecule has 1 saturated heterocycles. The molecule has 39 heavy (non-hydrogen) atoms. The summed E-state index contributed by atoms with van der Waals surface area (Å²) in [4.78, 5) is 12.9. The second-order valence-electron chi connectivity index (χ2n) is 12.6. The maximum atomic E-state index is 13.9. The number of hydrogen-bond donors (Lipinski definition) is 1. The molecule has 0 amide bonds. The van der Waals surface area contributed by atoms with Crippen molar-refractivity contribution in [3.63, 3.8) is 0 Å². The second-order valence-corrected chi connectivity index (χ2v) is 14.4. The molecule has 1 aliphatic heterocycles. The zero-order valence-electron chi connectivity index (χ0n) is 23.7. The number of benzene rings is 1. The molecule has 0 radical (unpaired) electrons. The fraction of sp³-hybridized carbons (Fsp3) is 0.759. The third-order valence-electron chi connectivity index (χ3n) is 8.01. The highest BCUT2D eigenvalue weighted by Crippen LogP contribution is 2.37. The van der Waals surface area contributed by atoms with Crippen LogP contribution in [0.4, 0.5) is 8.78 Å². The topological polar surface area (TPSA) is 84.9 Å². The Morgan fingerprint density at radius 3 is 2.51 bits per heavy atom. The number of sulfonamides is 1. The van der Waals surface area contributed by atoms with Gasteiger partial charge in [-0.1, -0.05) is 6.07 Å². The van der Waals surface area contributed by atoms with E-state index < -0.39 is 33.6 Å². The fourth-order valence-corrected chi connectivity index (χ4v) is 7.72. The van der Waals surface area contributed by atoms with Crippen LogP contribution >= 0.6 is 0 Å². The highest BCUT2D eigenvalue weighted by Gasteiger charge is 2.43. The van der Waals surface area contributed by atoms with Gasteiger partial charge in [0.1, 0.15) is 22.3 Å². The van der Waals surface area contributed by atoms with Crippen LogP contribution in [0.5, 0.6) is 5.75 Å². The summed E-state index contributed by atoms with van der Waals surface area (Å²) in [5.41, 5.74) is 0.180. The lowest BCUT2D eigenvalue weighted by Crippen LogP contribution is -2.43. The molecule has 1 aromatic carbocycles. The Morgan fingerprint density at radius 1 is 1.10 bits per heavy atom. The number of rotatable bonds is 8. The molecular formula is C29H44F2N2O5S. The number of halogens is 2. The summed E-state index contributed by atoms with van der Waals surface area (Å²) in [5.74, 6) is -2.40. The van der Waals surface area contributed by atoms with Crippen LogP contribution in [-0.4, -0.2) is 61.5 Å². The maximum Gasteiger partial charge on any atom is 0.324 e. The van der Waals surface area contributed by atoms with Crippen LogP contribution in [0.2, 0.25) is 0 Å². The molecule has 3 atom stereocenters. The summed E-state index contributed by atoms with van der Waals surface area (Å²) in [5, 5.41) is 3.49. The van der Waals surface area contributed by atoms with Crippen LogP contribution in [0, 0.1) is 12.8 Å². The van der Waals surface area contributed by atoms with Crippen molar-refractivity contribution in [1.82, 2.24) is 9.62 Å². The largest absolute Gasteiger partial charge is 0.489 e. The van der Waals surface area contributed by atoms with E-state index in [-0.39, 0.29) is 36.4 Å². The first kappa shape index (κ1) is 30.2. The van der Waals surface area contributed by atoms with Crippen molar-refractivity contribution in [3.05, 3.63) is 23.8 Å². The van der Waals surface area contributed by atoms with Gasteiger partial charge in [-0.3, -0.25) is 4.79 Å². The van der Waals surface area contributed by atoms with E-state index in [0.717, 1.165) is 37.8 Å². The van der Waals surface area contributed by atoms with Gasteiger partial charge in [0, 0.05) is 25.4 Å². The number of carbonyl (C=O) groups excluding carboxylic acids is 1. The van der Waals surface area contributed by atoms with E-state index in [4.69, 9.17) is 9.47 Å². The van der Waals surface area contributed by atoms with E-state index in [0.29, 0.717) is 37.4 Å². The van der Waals surface area contributed by atoms with Gasteiger partial charge >= 0.3 is 5.97 Å². The van der Waals surface area contributed by atoms with Crippen molar-refractivity contribution in [2.24, 2.45) is 5.92 Å². The maximum absolute atomic E-state index is 13.9. The first-order valence-corrected chi connectivity index (χ1v) is 15.8. The standard InChI is InChI=1S/C29H44F2N2O5S/c1-20-10-11-26(39(35,36)33-16-6-9-24(33)27(34)38-28(2,3)4)25(17-20)37-23-8-5-7-21(18-23)19-32-22-12-14-29(30,31)15-13-22/h10-11,17,21-24,32H,5-9,12-16,18-19H2,1-4H3/t21-,23+,24+/m1/s1. The lowest BCUT2D eigenvalue weighted by Gasteiger charge is -2.33. The molecule has 1 N–H and O–H groups in total. The van der Waals surface area contributed by atoms with Gasteiger partial charge in [0.05, 0.1) is 6.10 Å². The molecule has 1 aromatic rings. The number of hydrogen-bond acceptors (Lipinski definition) is 6. The van der Waals surface area contributed by atoms with E-state index in [1.54, 1.807) is 39.0 Å². The Labute approximate surface area is 232 Å². The molecule has 1 heterocycles. The third-order valence-corrected chi connectivity index (χ3v) is 9.96. The van der Waals surface area contributed by atoms with E-state index in [1.807, 2.05) is 6.92 Å². The number of aryl methyl sites for hydroxylation is 1. The lowest BCUT2D eigenvalue weighted by atomic mass is 9.86. The minimum Gasteiger partial charge on any atom is -0.489 e. The van der Waals surface area contributed by atoms with Crippen LogP contribution in [-0.2, 0) is 19.6 Å². The number of alkyl halides is 2. The Balaban J connectivity index is 1.43. The van der Waals surface area contributed by atoms with Gasteiger partial charge in [0.15, 0.2) is 0 Å². The van der Waals surface area contributed by atoms with Crippen molar-refractivity contribution >= 4 is 16.0 Å². The number of carbonyl (C=O) groups is 1. The van der Waals surface area contributed by atoms with Crippen molar-refractivity contribution in [2.45, 2.75) is 127 Å². The van der Waals surface area contributed by atoms with Gasteiger partial charge in [-0.05, 0) is 109 Å². The molecule has 2 saturated carbocycles. The average Bonchev–Trinajstić information content (AvgIpc) is 3.34. The highest BCUT2D eigenvalue weighted by molar-refractivity contribution is 7.89. The predicted octanol–water partition coefficient (Wildman–Crippen LogP) is 5.59. The third kappa shape index (κ3) is 7.91. The summed E-state index contributed by atoms with van der Waals surface area (Å²) < 4.78 is 67.9. The zero-order chi connectivity index (χ0) is 28.4. The summed E-state index contributed by atoms with van der Waals surface area (Å²) in [6.07, 6.45) is 5.31. The quantitative estimate of drug-likeness (QED) is 0.410. The van der Waals surface area contributed by atoms with Crippen LogP contribution in [0.1, 0.15) is 90.5 Å². The van der Waals surface area contributed by atoms with Crippen molar-refractivity contribution in [2.75, 3.05) is 13.1 Å². The van der Waals surface area contributed by atoms with Crippen molar-refractivity contribution in [1.29, 1.82) is 0 Å². The summed E-state index contributed by atoms with van der Waals surface area (Å²) >= 11 is 0. The summed E-state index contributed by atoms with van der Waals surface area (Å²) in [7, 11) is -4.00. The smallest absolute Gasteiger partial charge is 0.324 e. The molecule has 0 aromatic heterocycles. The van der Waals surface area contributed by atoms with Crippen LogP contribution in [0.3, 0.4) is 0 Å². The molecule has 2 aliphatic carbocycles. The van der Waals surface area contributed by atoms with Crippen LogP contribution in [0.25, 0.3) is 0 Å². The van der Waals surface area contributed by atoms with Crippen molar-refractivity contribution < 1.29 is 31.5 Å². The van der Waals surface area contributed by atoms with E-state index in [1.165, 1.54) is 4.31 Å². The molecular weight excluding hydrogens is 526 g/mol. The molecule has 220 valence electrons. The van der Waals surface area contributed by atoms with E-state index >= 15 is 0 Å². The van der Waals surface area contributed by atoms with Crippen LogP contribution < -0.4 is 10.1 Å². The fourth-order valence-electron chi connectivity index (χ4n) is 5.97. The Kier molecular flexibility index (Phi) is 9.28. The number of esters is 1. The van der Waals surface area contributed by atoms with Gasteiger partial charge < -0.3 is 14.8 Å². The van der Waals surface area contributed by atoms with Gasteiger partial charge in [0.25, 0.3) is 0 Å². The monoisotopic (exact) mass is 570 g/mol. The van der Waals surface area contributed by atoms with E-state index in [9.17, 15) is 22.0 Å².